The van der Waals surface area contributed by atoms with Gasteiger partial charge in [-0.25, -0.2) is 0 Å². The molecule has 0 aliphatic heterocycles. The maximum absolute atomic E-state index is 12.2. The molecule has 3 rings (SSSR count). The Hall–Kier alpha value is -3.47. The van der Waals surface area contributed by atoms with Crippen LogP contribution >= 0.6 is 0 Å². The second-order valence-electron chi connectivity index (χ2n) is 5.67. The largest absolute Gasteiger partial charge is 0.497 e. The second-order valence-corrected chi connectivity index (χ2v) is 5.67. The third-order valence-corrected chi connectivity index (χ3v) is 3.89. The van der Waals surface area contributed by atoms with Gasteiger partial charge >= 0.3 is 0 Å². The smallest absolute Gasteiger partial charge is 0.185 e. The molecule has 0 N–H and O–H groups in total. The number of carbonyl (C=O) groups excluding carboxylic acids is 1. The predicted molar refractivity (Wildman–Crippen MR) is 102 cm³/mol. The summed E-state index contributed by atoms with van der Waals surface area (Å²) in [5.74, 6) is 3.13. The standard InChI is InChI=1S/C22H20O5/c1-24-17-9-7-16(8-10-17)20(23)14-13-18-11-12-19(27-18)15-26-22-6-4-3-5-21(22)25-2/h3-14H,15H2,1-2H3/b14-13+. The fourth-order valence-electron chi connectivity index (χ4n) is 2.46. The molecule has 1 heterocycles. The van der Waals surface area contributed by atoms with E-state index in [0.717, 1.165) is 0 Å². The number of hydrogen-bond donors (Lipinski definition) is 0. The lowest BCUT2D eigenvalue weighted by Crippen LogP contribution is -1.96. The van der Waals surface area contributed by atoms with Crippen molar-refractivity contribution >= 4 is 11.9 Å². The number of ether oxygens (including phenoxy) is 3. The number of methoxy groups -OCH3 is 2. The van der Waals surface area contributed by atoms with Crippen LogP contribution in [0.5, 0.6) is 17.2 Å². The van der Waals surface area contributed by atoms with E-state index in [2.05, 4.69) is 0 Å². The topological polar surface area (TPSA) is 57.9 Å². The van der Waals surface area contributed by atoms with Gasteiger partial charge in [0.05, 0.1) is 14.2 Å². The maximum atomic E-state index is 12.2. The number of rotatable bonds is 8. The summed E-state index contributed by atoms with van der Waals surface area (Å²) in [6.07, 6.45) is 3.12. The third-order valence-electron chi connectivity index (χ3n) is 3.89. The van der Waals surface area contributed by atoms with Crippen molar-refractivity contribution in [3.63, 3.8) is 0 Å². The molecule has 0 aliphatic rings. The summed E-state index contributed by atoms with van der Waals surface area (Å²) >= 11 is 0. The van der Waals surface area contributed by atoms with Gasteiger partial charge in [0.2, 0.25) is 0 Å². The van der Waals surface area contributed by atoms with Crippen molar-refractivity contribution < 1.29 is 23.4 Å². The van der Waals surface area contributed by atoms with Crippen LogP contribution in [0.4, 0.5) is 0 Å². The highest BCUT2D eigenvalue weighted by Crippen LogP contribution is 2.27. The lowest BCUT2D eigenvalue weighted by Gasteiger charge is -2.08. The second kappa shape index (κ2) is 8.76. The summed E-state index contributed by atoms with van der Waals surface area (Å²) in [4.78, 5) is 12.2. The molecule has 0 fully saturated rings. The van der Waals surface area contributed by atoms with Crippen molar-refractivity contribution in [1.82, 2.24) is 0 Å². The summed E-state index contributed by atoms with van der Waals surface area (Å²) in [7, 11) is 3.18. The highest BCUT2D eigenvalue weighted by molar-refractivity contribution is 6.06. The molecule has 0 saturated heterocycles. The van der Waals surface area contributed by atoms with E-state index >= 15 is 0 Å². The minimum absolute atomic E-state index is 0.110. The molecule has 138 valence electrons. The van der Waals surface area contributed by atoms with Crippen molar-refractivity contribution in [2.75, 3.05) is 14.2 Å². The van der Waals surface area contributed by atoms with Crippen molar-refractivity contribution in [1.29, 1.82) is 0 Å². The van der Waals surface area contributed by atoms with E-state index in [1.165, 1.54) is 6.08 Å². The third kappa shape index (κ3) is 4.79. The number of hydrogen-bond acceptors (Lipinski definition) is 5. The molecule has 0 saturated carbocycles. The highest BCUT2D eigenvalue weighted by atomic mass is 16.5. The first kappa shape index (κ1) is 18.3. The average Bonchev–Trinajstić information content (AvgIpc) is 3.18. The predicted octanol–water partition coefficient (Wildman–Crippen LogP) is 4.77. The Labute approximate surface area is 157 Å². The van der Waals surface area contributed by atoms with Gasteiger partial charge < -0.3 is 18.6 Å². The van der Waals surface area contributed by atoms with Crippen molar-refractivity contribution in [3.05, 3.63) is 83.8 Å². The van der Waals surface area contributed by atoms with E-state index in [-0.39, 0.29) is 12.4 Å². The fourth-order valence-corrected chi connectivity index (χ4v) is 2.46. The number of para-hydroxylation sites is 2. The monoisotopic (exact) mass is 364 g/mol. The minimum Gasteiger partial charge on any atom is -0.497 e. The van der Waals surface area contributed by atoms with Crippen LogP contribution in [-0.4, -0.2) is 20.0 Å². The molecular weight excluding hydrogens is 344 g/mol. The molecule has 5 nitrogen and oxygen atoms in total. The van der Waals surface area contributed by atoms with Crippen LogP contribution < -0.4 is 14.2 Å². The van der Waals surface area contributed by atoms with E-state index in [4.69, 9.17) is 18.6 Å². The molecule has 0 aliphatic carbocycles. The van der Waals surface area contributed by atoms with Crippen LogP contribution in [0.2, 0.25) is 0 Å². The number of carbonyl (C=O) groups is 1. The van der Waals surface area contributed by atoms with E-state index in [0.29, 0.717) is 34.3 Å². The van der Waals surface area contributed by atoms with E-state index in [1.54, 1.807) is 50.6 Å². The van der Waals surface area contributed by atoms with Crippen LogP contribution in [0.25, 0.3) is 6.08 Å². The molecule has 2 aromatic carbocycles. The first-order valence-corrected chi connectivity index (χ1v) is 8.40. The molecule has 0 radical (unpaired) electrons. The Balaban J connectivity index is 1.60. The zero-order valence-corrected chi connectivity index (χ0v) is 15.2. The van der Waals surface area contributed by atoms with E-state index in [1.807, 2.05) is 30.3 Å². The normalized spacial score (nSPS) is 10.7. The quantitative estimate of drug-likeness (QED) is 0.426. The van der Waals surface area contributed by atoms with Crippen LogP contribution in [0.1, 0.15) is 21.9 Å². The minimum atomic E-state index is -0.110. The molecule has 0 atom stereocenters. The molecule has 0 spiro atoms. The zero-order chi connectivity index (χ0) is 19.1. The zero-order valence-electron chi connectivity index (χ0n) is 15.2. The summed E-state index contributed by atoms with van der Waals surface area (Å²) in [5, 5.41) is 0. The first-order valence-electron chi connectivity index (χ1n) is 8.40. The van der Waals surface area contributed by atoms with Gasteiger partial charge in [0.1, 0.15) is 23.9 Å². The Morgan fingerprint density at radius 1 is 0.926 bits per heavy atom. The van der Waals surface area contributed by atoms with E-state index < -0.39 is 0 Å². The lowest BCUT2D eigenvalue weighted by molar-refractivity contribution is 0.104. The van der Waals surface area contributed by atoms with Gasteiger partial charge in [0.25, 0.3) is 0 Å². The van der Waals surface area contributed by atoms with Gasteiger partial charge in [-0.15, -0.1) is 0 Å². The Morgan fingerprint density at radius 2 is 1.67 bits per heavy atom. The fraction of sp³-hybridized carbons (Fsp3) is 0.136. The van der Waals surface area contributed by atoms with Gasteiger partial charge in [-0.05, 0) is 60.7 Å². The van der Waals surface area contributed by atoms with Crippen molar-refractivity contribution in [2.45, 2.75) is 6.61 Å². The number of ketones is 1. The molecule has 1 aromatic heterocycles. The van der Waals surface area contributed by atoms with Gasteiger partial charge in [0, 0.05) is 5.56 Å². The molecule has 0 unspecified atom stereocenters. The van der Waals surface area contributed by atoms with Gasteiger partial charge in [-0.1, -0.05) is 12.1 Å². The molecule has 5 heteroatoms. The van der Waals surface area contributed by atoms with Crippen LogP contribution in [0.15, 0.2) is 71.2 Å². The molecule has 3 aromatic rings. The van der Waals surface area contributed by atoms with Crippen molar-refractivity contribution in [2.24, 2.45) is 0 Å². The maximum Gasteiger partial charge on any atom is 0.185 e. The average molecular weight is 364 g/mol. The SMILES string of the molecule is COc1ccc(C(=O)/C=C/c2ccc(COc3ccccc3OC)o2)cc1. The number of benzene rings is 2. The van der Waals surface area contributed by atoms with E-state index in [9.17, 15) is 4.79 Å². The lowest BCUT2D eigenvalue weighted by atomic mass is 10.1. The first-order chi connectivity index (χ1) is 13.2. The molecule has 0 bridgehead atoms. The van der Waals surface area contributed by atoms with Crippen molar-refractivity contribution in [3.8, 4) is 17.2 Å². The Bertz CT molecular complexity index is 922. The van der Waals surface area contributed by atoms with Gasteiger partial charge in [0.15, 0.2) is 17.3 Å². The summed E-state index contributed by atoms with van der Waals surface area (Å²) in [5.41, 5.74) is 0.582. The summed E-state index contributed by atoms with van der Waals surface area (Å²) in [6, 6.07) is 18.0. The molecule has 27 heavy (non-hydrogen) atoms. The number of furan rings is 1. The number of allylic oxidation sites excluding steroid dienone is 1. The van der Waals surface area contributed by atoms with Crippen LogP contribution in [0, 0.1) is 0 Å². The molecular formula is C22H20O5. The molecule has 0 amide bonds. The summed E-state index contributed by atoms with van der Waals surface area (Å²) in [6.45, 7) is 0.265. The Kier molecular flexibility index (Phi) is 5.94. The van der Waals surface area contributed by atoms with Crippen LogP contribution in [0.3, 0.4) is 0 Å². The highest BCUT2D eigenvalue weighted by Gasteiger charge is 2.06. The Morgan fingerprint density at radius 3 is 2.37 bits per heavy atom. The summed E-state index contributed by atoms with van der Waals surface area (Å²) < 4.78 is 21.7. The van der Waals surface area contributed by atoms with Gasteiger partial charge in [-0.3, -0.25) is 4.79 Å². The van der Waals surface area contributed by atoms with Gasteiger partial charge in [-0.2, -0.15) is 0 Å². The van der Waals surface area contributed by atoms with Crippen LogP contribution in [-0.2, 0) is 6.61 Å².